The largest absolute Gasteiger partial charge is 0.309 e. The van der Waals surface area contributed by atoms with Gasteiger partial charge >= 0.3 is 0 Å². The van der Waals surface area contributed by atoms with E-state index in [0.29, 0.717) is 5.56 Å². The van der Waals surface area contributed by atoms with Gasteiger partial charge in [-0.1, -0.05) is 30.3 Å². The van der Waals surface area contributed by atoms with Crippen molar-refractivity contribution in [3.05, 3.63) is 65.5 Å². The number of carbonyl (C=O) groups excluding carboxylic acids is 1. The Bertz CT molecular complexity index is 913. The predicted octanol–water partition coefficient (Wildman–Crippen LogP) is 2.78. The van der Waals surface area contributed by atoms with E-state index in [0.717, 1.165) is 23.9 Å². The molecule has 1 aliphatic heterocycles. The van der Waals surface area contributed by atoms with Crippen molar-refractivity contribution in [1.82, 2.24) is 4.72 Å². The minimum atomic E-state index is -3.54. The number of benzene rings is 2. The molecule has 1 heterocycles. The third kappa shape index (κ3) is 4.11. The van der Waals surface area contributed by atoms with Crippen molar-refractivity contribution in [2.75, 3.05) is 11.2 Å². The molecule has 3 rings (SSSR count). The molecular weight excluding hydrogens is 355 g/mol. The number of fused-ring (bicyclic) bond motifs is 1. The SMILES string of the molecule is C[C@@H]1Cc2ccccc2N1C(=O)C[C@H](NS(C)(=O)=O)c1ccc(F)cc1. The molecule has 0 aliphatic carbocycles. The molecule has 0 bridgehead atoms. The second kappa shape index (κ2) is 7.17. The van der Waals surface area contributed by atoms with Crippen LogP contribution in [0.25, 0.3) is 0 Å². The van der Waals surface area contributed by atoms with E-state index in [1.807, 2.05) is 31.2 Å². The van der Waals surface area contributed by atoms with E-state index in [2.05, 4.69) is 4.72 Å². The highest BCUT2D eigenvalue weighted by Crippen LogP contribution is 2.33. The average Bonchev–Trinajstić information content (AvgIpc) is 2.89. The highest BCUT2D eigenvalue weighted by Gasteiger charge is 2.32. The zero-order valence-electron chi connectivity index (χ0n) is 14.6. The van der Waals surface area contributed by atoms with Crippen LogP contribution in [0.1, 0.15) is 30.5 Å². The molecule has 0 spiro atoms. The first-order chi connectivity index (χ1) is 12.2. The van der Waals surface area contributed by atoms with Gasteiger partial charge in [0.1, 0.15) is 5.82 Å². The Morgan fingerprint density at radius 3 is 2.54 bits per heavy atom. The van der Waals surface area contributed by atoms with Crippen LogP contribution in [0.4, 0.5) is 10.1 Å². The minimum absolute atomic E-state index is 0.00648. The number of hydrogen-bond acceptors (Lipinski definition) is 3. The molecule has 5 nitrogen and oxygen atoms in total. The van der Waals surface area contributed by atoms with Crippen LogP contribution in [0, 0.1) is 5.82 Å². The van der Waals surface area contributed by atoms with Gasteiger partial charge in [-0.15, -0.1) is 0 Å². The second-order valence-electron chi connectivity index (χ2n) is 6.64. The number of amides is 1. The molecule has 138 valence electrons. The lowest BCUT2D eigenvalue weighted by molar-refractivity contribution is -0.119. The number of sulfonamides is 1. The van der Waals surface area contributed by atoms with Crippen LogP contribution in [0.15, 0.2) is 48.5 Å². The summed E-state index contributed by atoms with van der Waals surface area (Å²) in [5.41, 5.74) is 2.51. The lowest BCUT2D eigenvalue weighted by Crippen LogP contribution is -2.39. The van der Waals surface area contributed by atoms with Gasteiger partial charge in [0.25, 0.3) is 0 Å². The maximum atomic E-state index is 13.2. The van der Waals surface area contributed by atoms with Crippen molar-refractivity contribution in [3.63, 3.8) is 0 Å². The normalized spacial score (nSPS) is 17.8. The van der Waals surface area contributed by atoms with E-state index in [1.165, 1.54) is 24.3 Å². The number of carbonyl (C=O) groups is 1. The lowest BCUT2D eigenvalue weighted by Gasteiger charge is -2.26. The first-order valence-electron chi connectivity index (χ1n) is 8.37. The summed E-state index contributed by atoms with van der Waals surface area (Å²) in [4.78, 5) is 14.7. The van der Waals surface area contributed by atoms with Crippen LogP contribution < -0.4 is 9.62 Å². The maximum Gasteiger partial charge on any atom is 0.229 e. The van der Waals surface area contributed by atoms with Crippen LogP contribution in [-0.2, 0) is 21.2 Å². The van der Waals surface area contributed by atoms with Gasteiger partial charge in [-0.3, -0.25) is 4.79 Å². The number of nitrogens with zero attached hydrogens (tertiary/aromatic N) is 1. The molecule has 0 fully saturated rings. The molecule has 0 unspecified atom stereocenters. The molecule has 1 aliphatic rings. The van der Waals surface area contributed by atoms with E-state index in [1.54, 1.807) is 4.90 Å². The monoisotopic (exact) mass is 376 g/mol. The van der Waals surface area contributed by atoms with Crippen molar-refractivity contribution in [1.29, 1.82) is 0 Å². The van der Waals surface area contributed by atoms with Gasteiger partial charge in [0.2, 0.25) is 15.9 Å². The summed E-state index contributed by atoms with van der Waals surface area (Å²) >= 11 is 0. The highest BCUT2D eigenvalue weighted by atomic mass is 32.2. The van der Waals surface area contributed by atoms with E-state index < -0.39 is 21.9 Å². The summed E-state index contributed by atoms with van der Waals surface area (Å²) in [6.45, 7) is 1.97. The summed E-state index contributed by atoms with van der Waals surface area (Å²) in [5.74, 6) is -0.590. The van der Waals surface area contributed by atoms with Gasteiger partial charge in [-0.2, -0.15) is 0 Å². The van der Waals surface area contributed by atoms with Crippen molar-refractivity contribution in [2.45, 2.75) is 31.8 Å². The molecule has 2 aromatic carbocycles. The van der Waals surface area contributed by atoms with Crippen LogP contribution in [0.2, 0.25) is 0 Å². The number of hydrogen-bond donors (Lipinski definition) is 1. The van der Waals surface area contributed by atoms with Gasteiger partial charge in [0.15, 0.2) is 0 Å². The molecule has 0 aromatic heterocycles. The third-order valence-electron chi connectivity index (χ3n) is 4.48. The number of rotatable bonds is 5. The zero-order chi connectivity index (χ0) is 18.9. The van der Waals surface area contributed by atoms with Gasteiger partial charge < -0.3 is 4.90 Å². The predicted molar refractivity (Wildman–Crippen MR) is 98.8 cm³/mol. The fourth-order valence-electron chi connectivity index (χ4n) is 3.40. The summed E-state index contributed by atoms with van der Waals surface area (Å²) in [5, 5.41) is 0. The lowest BCUT2D eigenvalue weighted by atomic mass is 10.0. The van der Waals surface area contributed by atoms with Gasteiger partial charge in [0, 0.05) is 18.2 Å². The Balaban J connectivity index is 1.87. The summed E-state index contributed by atoms with van der Waals surface area (Å²) in [6.07, 6.45) is 1.77. The van der Waals surface area contributed by atoms with Crippen molar-refractivity contribution >= 4 is 21.6 Å². The van der Waals surface area contributed by atoms with Crippen LogP contribution >= 0.6 is 0 Å². The number of anilines is 1. The Morgan fingerprint density at radius 2 is 1.88 bits per heavy atom. The maximum absolute atomic E-state index is 13.2. The number of halogens is 1. The average molecular weight is 376 g/mol. The van der Waals surface area contributed by atoms with Gasteiger partial charge in [-0.25, -0.2) is 17.5 Å². The Kier molecular flexibility index (Phi) is 5.11. The Morgan fingerprint density at radius 1 is 1.23 bits per heavy atom. The van der Waals surface area contributed by atoms with E-state index in [-0.39, 0.29) is 18.4 Å². The van der Waals surface area contributed by atoms with Gasteiger partial charge in [-0.05, 0) is 42.7 Å². The van der Waals surface area contributed by atoms with E-state index >= 15 is 0 Å². The number of para-hydroxylation sites is 1. The second-order valence-corrected chi connectivity index (χ2v) is 8.42. The number of nitrogens with one attached hydrogen (secondary N) is 1. The van der Waals surface area contributed by atoms with Crippen LogP contribution in [0.3, 0.4) is 0 Å². The minimum Gasteiger partial charge on any atom is -0.309 e. The molecule has 2 atom stereocenters. The standard InChI is InChI=1S/C19H21FN2O3S/c1-13-11-15-5-3-4-6-18(15)22(13)19(23)12-17(21-26(2,24)25)14-7-9-16(20)10-8-14/h3-10,13,17,21H,11-12H2,1-2H3/t13-,17+/m1/s1. The molecular formula is C19H21FN2O3S. The quantitative estimate of drug-likeness (QED) is 0.873. The van der Waals surface area contributed by atoms with Crippen molar-refractivity contribution < 1.29 is 17.6 Å². The Labute approximate surface area is 152 Å². The van der Waals surface area contributed by atoms with Gasteiger partial charge in [0.05, 0.1) is 12.3 Å². The molecule has 0 radical (unpaired) electrons. The Hall–Kier alpha value is -2.25. The third-order valence-corrected chi connectivity index (χ3v) is 5.20. The summed E-state index contributed by atoms with van der Waals surface area (Å²) in [7, 11) is -3.54. The molecule has 1 amide bonds. The fraction of sp³-hybridized carbons (Fsp3) is 0.316. The summed E-state index contributed by atoms with van der Waals surface area (Å²) in [6, 6.07) is 12.5. The molecule has 26 heavy (non-hydrogen) atoms. The molecule has 0 saturated carbocycles. The molecule has 0 saturated heterocycles. The van der Waals surface area contributed by atoms with E-state index in [9.17, 15) is 17.6 Å². The smallest absolute Gasteiger partial charge is 0.229 e. The molecule has 1 N–H and O–H groups in total. The van der Waals surface area contributed by atoms with E-state index in [4.69, 9.17) is 0 Å². The fourth-order valence-corrected chi connectivity index (χ4v) is 4.14. The highest BCUT2D eigenvalue weighted by molar-refractivity contribution is 7.88. The first-order valence-corrected chi connectivity index (χ1v) is 10.3. The first kappa shape index (κ1) is 18.5. The van der Waals surface area contributed by atoms with Crippen molar-refractivity contribution in [3.8, 4) is 0 Å². The van der Waals surface area contributed by atoms with Crippen LogP contribution in [0.5, 0.6) is 0 Å². The molecule has 2 aromatic rings. The van der Waals surface area contributed by atoms with Crippen LogP contribution in [-0.4, -0.2) is 26.6 Å². The summed E-state index contributed by atoms with van der Waals surface area (Å²) < 4.78 is 39.2. The van der Waals surface area contributed by atoms with Crippen molar-refractivity contribution in [2.24, 2.45) is 0 Å². The topological polar surface area (TPSA) is 66.5 Å². The zero-order valence-corrected chi connectivity index (χ0v) is 15.5. The molecule has 7 heteroatoms.